The van der Waals surface area contributed by atoms with Crippen LogP contribution in [0.4, 0.5) is 14.6 Å². The van der Waals surface area contributed by atoms with E-state index in [0.717, 1.165) is 0 Å². The minimum Gasteiger partial charge on any atom is -0.383 e. The molecule has 3 N–H and O–H groups in total. The van der Waals surface area contributed by atoms with E-state index >= 15 is 0 Å². The van der Waals surface area contributed by atoms with E-state index in [0.29, 0.717) is 5.65 Å². The standard InChI is InChI=1S/C9H13F2N5/c1-9(2,3)16-8-4(7(12)13-14-8)5(15-16)6(10)11/h6H,1-3H3,(H3,12,13,14). The Labute approximate surface area is 90.6 Å². The summed E-state index contributed by atoms with van der Waals surface area (Å²) in [4.78, 5) is 0. The quantitative estimate of drug-likeness (QED) is 0.785. The molecule has 0 aliphatic rings. The average molecular weight is 229 g/mol. The molecule has 0 aliphatic heterocycles. The van der Waals surface area contributed by atoms with Crippen LogP contribution >= 0.6 is 0 Å². The van der Waals surface area contributed by atoms with Crippen LogP contribution in [0.5, 0.6) is 0 Å². The lowest BCUT2D eigenvalue weighted by Crippen LogP contribution is -2.23. The molecule has 2 aromatic rings. The first-order valence-corrected chi connectivity index (χ1v) is 4.83. The Kier molecular flexibility index (Phi) is 2.14. The third kappa shape index (κ3) is 1.43. The van der Waals surface area contributed by atoms with Crippen LogP contribution in [0.3, 0.4) is 0 Å². The zero-order valence-corrected chi connectivity index (χ0v) is 9.25. The van der Waals surface area contributed by atoms with E-state index in [1.807, 2.05) is 20.8 Å². The van der Waals surface area contributed by atoms with Gasteiger partial charge in [0.05, 0.1) is 10.9 Å². The minimum absolute atomic E-state index is 0.126. The van der Waals surface area contributed by atoms with Gasteiger partial charge < -0.3 is 5.73 Å². The lowest BCUT2D eigenvalue weighted by atomic mass is 10.1. The van der Waals surface area contributed by atoms with Crippen molar-refractivity contribution in [1.82, 2.24) is 20.0 Å². The number of nitrogen functional groups attached to an aromatic ring is 1. The van der Waals surface area contributed by atoms with Crippen molar-refractivity contribution in [3.05, 3.63) is 5.69 Å². The van der Waals surface area contributed by atoms with Gasteiger partial charge in [-0.25, -0.2) is 13.5 Å². The van der Waals surface area contributed by atoms with Crippen molar-refractivity contribution in [2.24, 2.45) is 0 Å². The fraction of sp³-hybridized carbons (Fsp3) is 0.556. The van der Waals surface area contributed by atoms with E-state index < -0.39 is 12.0 Å². The number of aromatic amines is 1. The van der Waals surface area contributed by atoms with Crippen LogP contribution in [-0.2, 0) is 5.54 Å². The fourth-order valence-corrected chi connectivity index (χ4v) is 1.58. The van der Waals surface area contributed by atoms with E-state index in [1.54, 1.807) is 0 Å². The van der Waals surface area contributed by atoms with Crippen LogP contribution in [0, 0.1) is 0 Å². The van der Waals surface area contributed by atoms with Gasteiger partial charge in [0.15, 0.2) is 5.65 Å². The smallest absolute Gasteiger partial charge is 0.282 e. The Balaban J connectivity index is 2.79. The molecule has 0 aliphatic carbocycles. The van der Waals surface area contributed by atoms with Gasteiger partial charge in [-0.05, 0) is 20.8 Å². The number of alkyl halides is 2. The Hall–Kier alpha value is -1.66. The van der Waals surface area contributed by atoms with Crippen LogP contribution in [0.2, 0.25) is 0 Å². The summed E-state index contributed by atoms with van der Waals surface area (Å²) in [6, 6.07) is 0. The van der Waals surface area contributed by atoms with Gasteiger partial charge in [0, 0.05) is 0 Å². The molecule has 5 nitrogen and oxygen atoms in total. The first-order chi connectivity index (χ1) is 7.32. The second kappa shape index (κ2) is 3.16. The Morgan fingerprint density at radius 2 is 2.00 bits per heavy atom. The van der Waals surface area contributed by atoms with Crippen LogP contribution in [0.15, 0.2) is 0 Å². The highest BCUT2D eigenvalue weighted by atomic mass is 19.3. The maximum Gasteiger partial charge on any atom is 0.282 e. The first kappa shape index (κ1) is 10.8. The Morgan fingerprint density at radius 1 is 1.38 bits per heavy atom. The highest BCUT2D eigenvalue weighted by Gasteiger charge is 2.27. The van der Waals surface area contributed by atoms with Crippen molar-refractivity contribution >= 4 is 16.9 Å². The summed E-state index contributed by atoms with van der Waals surface area (Å²) in [5.74, 6) is 0.126. The molecule has 0 fully saturated rings. The predicted octanol–water partition coefficient (Wildman–Crippen LogP) is 2.03. The third-order valence-corrected chi connectivity index (χ3v) is 2.28. The van der Waals surface area contributed by atoms with Crippen molar-refractivity contribution in [1.29, 1.82) is 0 Å². The average Bonchev–Trinajstić information content (AvgIpc) is 2.65. The summed E-state index contributed by atoms with van der Waals surface area (Å²) in [7, 11) is 0. The van der Waals surface area contributed by atoms with Gasteiger partial charge in [0.1, 0.15) is 11.5 Å². The molecule has 0 radical (unpaired) electrons. The molecule has 7 heteroatoms. The maximum atomic E-state index is 12.8. The number of fused-ring (bicyclic) bond motifs is 1. The van der Waals surface area contributed by atoms with Crippen molar-refractivity contribution in [3.8, 4) is 0 Å². The first-order valence-electron chi connectivity index (χ1n) is 4.83. The van der Waals surface area contributed by atoms with Crippen molar-refractivity contribution in [3.63, 3.8) is 0 Å². The lowest BCUT2D eigenvalue weighted by molar-refractivity contribution is 0.145. The van der Waals surface area contributed by atoms with E-state index in [1.165, 1.54) is 4.68 Å². The number of nitrogens with two attached hydrogens (primary N) is 1. The summed E-state index contributed by atoms with van der Waals surface area (Å²) >= 11 is 0. The van der Waals surface area contributed by atoms with Gasteiger partial charge >= 0.3 is 0 Å². The van der Waals surface area contributed by atoms with Crippen molar-refractivity contribution in [2.45, 2.75) is 32.7 Å². The van der Waals surface area contributed by atoms with Crippen molar-refractivity contribution in [2.75, 3.05) is 5.73 Å². The highest BCUT2D eigenvalue weighted by molar-refractivity contribution is 5.89. The van der Waals surface area contributed by atoms with Gasteiger partial charge in [-0.15, -0.1) is 0 Å². The maximum absolute atomic E-state index is 12.8. The Bertz CT molecular complexity index is 520. The topological polar surface area (TPSA) is 72.5 Å². The number of H-pyrrole nitrogens is 1. The van der Waals surface area contributed by atoms with Crippen LogP contribution in [0.25, 0.3) is 11.0 Å². The van der Waals surface area contributed by atoms with Gasteiger partial charge in [-0.3, -0.25) is 5.10 Å². The van der Waals surface area contributed by atoms with Gasteiger partial charge in [-0.1, -0.05) is 0 Å². The second-order valence-electron chi connectivity index (χ2n) is 4.60. The largest absolute Gasteiger partial charge is 0.383 e. The summed E-state index contributed by atoms with van der Waals surface area (Å²) in [6.45, 7) is 5.58. The molecule has 16 heavy (non-hydrogen) atoms. The molecule has 0 atom stereocenters. The molecule has 0 spiro atoms. The molecule has 0 aromatic carbocycles. The number of nitrogens with zero attached hydrogens (tertiary/aromatic N) is 3. The molecule has 0 bridgehead atoms. The van der Waals surface area contributed by atoms with Gasteiger partial charge in [0.2, 0.25) is 0 Å². The zero-order chi connectivity index (χ0) is 12.1. The van der Waals surface area contributed by atoms with Crippen LogP contribution in [-0.4, -0.2) is 20.0 Å². The number of rotatable bonds is 1. The van der Waals surface area contributed by atoms with Crippen LogP contribution in [0.1, 0.15) is 32.9 Å². The summed E-state index contributed by atoms with van der Waals surface area (Å²) in [5.41, 5.74) is 5.18. The molecule has 88 valence electrons. The number of hydrogen-bond donors (Lipinski definition) is 2. The fourth-order valence-electron chi connectivity index (χ4n) is 1.58. The van der Waals surface area contributed by atoms with Gasteiger partial charge in [0.25, 0.3) is 6.43 Å². The van der Waals surface area contributed by atoms with E-state index in [2.05, 4.69) is 15.3 Å². The predicted molar refractivity (Wildman–Crippen MR) is 56.2 cm³/mol. The molecule has 2 aromatic heterocycles. The summed E-state index contributed by atoms with van der Waals surface area (Å²) < 4.78 is 27.0. The van der Waals surface area contributed by atoms with E-state index in [-0.39, 0.29) is 16.9 Å². The van der Waals surface area contributed by atoms with Crippen LogP contribution < -0.4 is 5.73 Å². The molecule has 0 saturated heterocycles. The normalized spacial score (nSPS) is 12.9. The number of anilines is 1. The number of hydrogen-bond acceptors (Lipinski definition) is 3. The summed E-state index contributed by atoms with van der Waals surface area (Å²) in [5, 5.41) is 10.5. The SMILES string of the molecule is CC(C)(C)n1nc(C(F)F)c2c(N)[nH]nc21. The molecular formula is C9H13F2N5. The third-order valence-electron chi connectivity index (χ3n) is 2.28. The number of aromatic nitrogens is 4. The zero-order valence-electron chi connectivity index (χ0n) is 9.25. The monoisotopic (exact) mass is 229 g/mol. The van der Waals surface area contributed by atoms with Crippen molar-refractivity contribution < 1.29 is 8.78 Å². The Morgan fingerprint density at radius 3 is 2.50 bits per heavy atom. The molecule has 2 heterocycles. The number of nitrogens with one attached hydrogen (secondary N) is 1. The molecular weight excluding hydrogens is 216 g/mol. The highest BCUT2D eigenvalue weighted by Crippen LogP contribution is 2.32. The molecule has 0 amide bonds. The number of halogens is 2. The molecule has 0 saturated carbocycles. The summed E-state index contributed by atoms with van der Waals surface area (Å²) in [6.07, 6.45) is -2.66. The molecule has 2 rings (SSSR count). The van der Waals surface area contributed by atoms with E-state index in [4.69, 9.17) is 5.73 Å². The minimum atomic E-state index is -2.66. The lowest BCUT2D eigenvalue weighted by Gasteiger charge is -2.18. The molecule has 0 unspecified atom stereocenters. The second-order valence-corrected chi connectivity index (χ2v) is 4.60. The van der Waals surface area contributed by atoms with Gasteiger partial charge in [-0.2, -0.15) is 10.2 Å². The van der Waals surface area contributed by atoms with E-state index in [9.17, 15) is 8.78 Å².